The Labute approximate surface area is 163 Å². The van der Waals surface area contributed by atoms with E-state index in [-0.39, 0.29) is 11.8 Å². The molecule has 5 nitrogen and oxygen atoms in total. The van der Waals surface area contributed by atoms with Gasteiger partial charge in [0.2, 0.25) is 0 Å². The van der Waals surface area contributed by atoms with Crippen LogP contribution in [0.25, 0.3) is 0 Å². The minimum Gasteiger partial charge on any atom is -0.496 e. The van der Waals surface area contributed by atoms with E-state index in [4.69, 9.17) is 4.74 Å². The minimum absolute atomic E-state index is 0.147. The van der Waals surface area contributed by atoms with Crippen molar-refractivity contribution in [3.8, 4) is 0 Å². The topological polar surface area (TPSA) is 67.4 Å². The van der Waals surface area contributed by atoms with Crippen LogP contribution in [0.15, 0.2) is 59.2 Å². The van der Waals surface area contributed by atoms with Gasteiger partial charge in [-0.2, -0.15) is 0 Å². The first-order chi connectivity index (χ1) is 13.0. The number of nitrogens with one attached hydrogen (secondary N) is 2. The molecular weight excluding hydrogens is 360 g/mol. The van der Waals surface area contributed by atoms with E-state index in [1.54, 1.807) is 31.2 Å². The van der Waals surface area contributed by atoms with Gasteiger partial charge < -0.3 is 15.4 Å². The van der Waals surface area contributed by atoms with Crippen molar-refractivity contribution in [3.05, 3.63) is 75.9 Å². The summed E-state index contributed by atoms with van der Waals surface area (Å²) < 4.78 is 5.42. The summed E-state index contributed by atoms with van der Waals surface area (Å²) in [4.78, 5) is 25.3. The van der Waals surface area contributed by atoms with Gasteiger partial charge in [0.05, 0.1) is 6.61 Å². The highest BCUT2D eigenvalue weighted by Crippen LogP contribution is 2.26. The summed E-state index contributed by atoms with van der Waals surface area (Å²) in [6, 6.07) is 14.8. The summed E-state index contributed by atoms with van der Waals surface area (Å²) in [5, 5.41) is 5.76. The molecule has 0 atom stereocenters. The maximum atomic E-state index is 12.3. The molecule has 0 spiro atoms. The third kappa shape index (κ3) is 4.92. The lowest BCUT2D eigenvalue weighted by molar-refractivity contribution is -0.112. The van der Waals surface area contributed by atoms with Crippen LogP contribution in [0, 0.1) is 6.92 Å². The summed E-state index contributed by atoms with van der Waals surface area (Å²) >= 11 is 1.49. The zero-order chi connectivity index (χ0) is 19.2. The molecule has 0 saturated heterocycles. The number of thioether (sulfide) groups is 1. The first kappa shape index (κ1) is 19.0. The number of hydrogen-bond donors (Lipinski definition) is 2. The summed E-state index contributed by atoms with van der Waals surface area (Å²) in [7, 11) is 0. The molecule has 0 saturated carbocycles. The molecule has 1 aliphatic heterocycles. The molecule has 0 radical (unpaired) electrons. The van der Waals surface area contributed by atoms with Crippen molar-refractivity contribution in [2.45, 2.75) is 20.4 Å². The molecule has 0 unspecified atom stereocenters. The van der Waals surface area contributed by atoms with Crippen LogP contribution in [0.1, 0.15) is 28.4 Å². The highest BCUT2D eigenvalue weighted by Gasteiger charge is 2.19. The van der Waals surface area contributed by atoms with Gasteiger partial charge in [0.25, 0.3) is 11.8 Å². The average molecular weight is 382 g/mol. The molecule has 2 amide bonds. The molecule has 0 bridgehead atoms. The van der Waals surface area contributed by atoms with E-state index >= 15 is 0 Å². The summed E-state index contributed by atoms with van der Waals surface area (Å²) in [6.07, 6.45) is 0. The van der Waals surface area contributed by atoms with E-state index < -0.39 is 0 Å². The Hall–Kier alpha value is -2.73. The number of hydrogen-bond acceptors (Lipinski definition) is 4. The molecule has 0 fully saturated rings. The number of carbonyl (C=O) groups is 2. The lowest BCUT2D eigenvalue weighted by Crippen LogP contribution is -2.23. The minimum atomic E-state index is -0.186. The maximum absolute atomic E-state index is 12.3. The van der Waals surface area contributed by atoms with Crippen molar-refractivity contribution in [3.63, 3.8) is 0 Å². The molecule has 140 valence electrons. The third-order valence-electron chi connectivity index (χ3n) is 4.28. The first-order valence-electron chi connectivity index (χ1n) is 8.75. The molecule has 3 rings (SSSR count). The van der Waals surface area contributed by atoms with Gasteiger partial charge in [0, 0.05) is 23.5 Å². The van der Waals surface area contributed by atoms with E-state index in [1.165, 1.54) is 11.8 Å². The Morgan fingerprint density at radius 3 is 2.48 bits per heavy atom. The predicted molar refractivity (Wildman–Crippen MR) is 109 cm³/mol. The van der Waals surface area contributed by atoms with Gasteiger partial charge in [-0.15, -0.1) is 11.8 Å². The molecule has 2 N–H and O–H groups in total. The number of anilines is 1. The highest BCUT2D eigenvalue weighted by molar-refractivity contribution is 8.04. The fourth-order valence-electron chi connectivity index (χ4n) is 2.71. The van der Waals surface area contributed by atoms with Crippen molar-refractivity contribution < 1.29 is 14.3 Å². The molecule has 0 aliphatic carbocycles. The number of ether oxygens (including phenoxy) is 1. The van der Waals surface area contributed by atoms with Crippen LogP contribution < -0.4 is 10.6 Å². The maximum Gasteiger partial charge on any atom is 0.265 e. The van der Waals surface area contributed by atoms with Gasteiger partial charge in [-0.25, -0.2) is 0 Å². The molecule has 6 heteroatoms. The standard InChI is InChI=1S/C21H22N2O3S/c1-14-5-3-4-6-17(14)13-22-20(24)16-7-9-18(10-8-16)23-21(25)19-15(2)26-11-12-27-19/h3-10H,11-13H2,1-2H3,(H,22,24)(H,23,25). The van der Waals surface area contributed by atoms with E-state index in [0.717, 1.165) is 16.9 Å². The lowest BCUT2D eigenvalue weighted by atomic mass is 10.1. The second kappa shape index (κ2) is 8.77. The van der Waals surface area contributed by atoms with Gasteiger partial charge in [-0.1, -0.05) is 24.3 Å². The number of benzene rings is 2. The molecule has 2 aromatic carbocycles. The van der Waals surface area contributed by atoms with Crippen LogP contribution in [-0.4, -0.2) is 24.2 Å². The Balaban J connectivity index is 1.59. The van der Waals surface area contributed by atoms with E-state index in [2.05, 4.69) is 10.6 Å². The smallest absolute Gasteiger partial charge is 0.265 e. The van der Waals surface area contributed by atoms with Crippen LogP contribution in [0.3, 0.4) is 0 Å². The van der Waals surface area contributed by atoms with Gasteiger partial charge in [-0.05, 0) is 49.2 Å². The van der Waals surface area contributed by atoms with Gasteiger partial charge in [-0.3, -0.25) is 9.59 Å². The first-order valence-corrected chi connectivity index (χ1v) is 9.74. The van der Waals surface area contributed by atoms with E-state index in [0.29, 0.717) is 35.1 Å². The quantitative estimate of drug-likeness (QED) is 0.824. The SMILES string of the molecule is CC1=C(C(=O)Nc2ccc(C(=O)NCc3ccccc3C)cc2)SCCO1. The summed E-state index contributed by atoms with van der Waals surface area (Å²) in [5.41, 5.74) is 3.42. The van der Waals surface area contributed by atoms with Crippen molar-refractivity contribution in [2.24, 2.45) is 0 Å². The molecule has 1 heterocycles. The van der Waals surface area contributed by atoms with Crippen LogP contribution in [0.2, 0.25) is 0 Å². The van der Waals surface area contributed by atoms with E-state index in [1.807, 2.05) is 31.2 Å². The fourth-order valence-corrected chi connectivity index (χ4v) is 3.52. The predicted octanol–water partition coefficient (Wildman–Crippen LogP) is 3.86. The van der Waals surface area contributed by atoms with Crippen molar-refractivity contribution in [1.29, 1.82) is 0 Å². The van der Waals surface area contributed by atoms with E-state index in [9.17, 15) is 9.59 Å². The normalized spacial score (nSPS) is 13.7. The number of rotatable bonds is 5. The molecule has 1 aliphatic rings. The van der Waals surface area contributed by atoms with Gasteiger partial charge in [0.1, 0.15) is 10.7 Å². The zero-order valence-electron chi connectivity index (χ0n) is 15.4. The Kier molecular flexibility index (Phi) is 6.19. The monoisotopic (exact) mass is 382 g/mol. The van der Waals surface area contributed by atoms with Crippen LogP contribution in [0.4, 0.5) is 5.69 Å². The average Bonchev–Trinajstić information content (AvgIpc) is 2.68. The summed E-state index contributed by atoms with van der Waals surface area (Å²) in [6.45, 7) is 4.92. The van der Waals surface area contributed by atoms with Crippen molar-refractivity contribution >= 4 is 29.3 Å². The zero-order valence-corrected chi connectivity index (χ0v) is 16.2. The lowest BCUT2D eigenvalue weighted by Gasteiger charge is -2.17. The number of aryl methyl sites for hydroxylation is 1. The summed E-state index contributed by atoms with van der Waals surface area (Å²) in [5.74, 6) is 1.08. The van der Waals surface area contributed by atoms with Gasteiger partial charge >= 0.3 is 0 Å². The molecule has 0 aromatic heterocycles. The Morgan fingerprint density at radius 1 is 1.04 bits per heavy atom. The Morgan fingerprint density at radius 2 is 1.78 bits per heavy atom. The highest BCUT2D eigenvalue weighted by atomic mass is 32.2. The van der Waals surface area contributed by atoms with Crippen LogP contribution >= 0.6 is 11.8 Å². The van der Waals surface area contributed by atoms with Crippen LogP contribution in [0.5, 0.6) is 0 Å². The molecule has 2 aromatic rings. The number of allylic oxidation sites excluding steroid dienone is 1. The fraction of sp³-hybridized carbons (Fsp3) is 0.238. The second-order valence-corrected chi connectivity index (χ2v) is 7.33. The van der Waals surface area contributed by atoms with Gasteiger partial charge in [0.15, 0.2) is 0 Å². The van der Waals surface area contributed by atoms with Crippen LogP contribution in [-0.2, 0) is 16.1 Å². The Bertz CT molecular complexity index is 875. The van der Waals surface area contributed by atoms with Crippen molar-refractivity contribution in [2.75, 3.05) is 17.7 Å². The molecule has 27 heavy (non-hydrogen) atoms. The van der Waals surface area contributed by atoms with Crippen molar-refractivity contribution in [1.82, 2.24) is 5.32 Å². The number of amides is 2. The largest absolute Gasteiger partial charge is 0.496 e. The molecular formula is C21H22N2O3S. The third-order valence-corrected chi connectivity index (χ3v) is 5.41. The second-order valence-electron chi connectivity index (χ2n) is 6.22. The number of carbonyl (C=O) groups excluding carboxylic acids is 2.